The van der Waals surface area contributed by atoms with E-state index in [-0.39, 0.29) is 5.91 Å². The first-order valence-electron chi connectivity index (χ1n) is 9.41. The third-order valence-electron chi connectivity index (χ3n) is 4.21. The lowest BCUT2D eigenvalue weighted by molar-refractivity contribution is -0.148. The highest BCUT2D eigenvalue weighted by molar-refractivity contribution is 5.97. The van der Waals surface area contributed by atoms with Crippen LogP contribution in [0.15, 0.2) is 42.5 Å². The molecular weight excluding hydrogens is 370 g/mol. The van der Waals surface area contributed by atoms with E-state index in [4.69, 9.17) is 14.2 Å². The molecule has 6 heteroatoms. The van der Waals surface area contributed by atoms with Crippen LogP contribution in [0.1, 0.15) is 30.5 Å². The van der Waals surface area contributed by atoms with E-state index < -0.39 is 12.1 Å². The summed E-state index contributed by atoms with van der Waals surface area (Å²) in [5, 5.41) is 2.79. The normalized spacial score (nSPS) is 11.8. The van der Waals surface area contributed by atoms with Crippen LogP contribution in [0.3, 0.4) is 0 Å². The molecule has 154 valence electrons. The number of aryl methyl sites for hydroxylation is 2. The highest BCUT2D eigenvalue weighted by atomic mass is 16.5. The number of carbonyl (C=O) groups excluding carboxylic acids is 2. The third-order valence-corrected chi connectivity index (χ3v) is 4.21. The summed E-state index contributed by atoms with van der Waals surface area (Å²) < 4.78 is 16.0. The first-order chi connectivity index (χ1) is 13.8. The lowest BCUT2D eigenvalue weighted by atomic mass is 10.1. The summed E-state index contributed by atoms with van der Waals surface area (Å²) in [7, 11) is 1.56. The molecule has 0 unspecified atom stereocenters. The van der Waals surface area contributed by atoms with E-state index in [0.717, 1.165) is 16.7 Å². The van der Waals surface area contributed by atoms with Gasteiger partial charge in [0.1, 0.15) is 0 Å². The molecule has 2 aromatic carbocycles. The van der Waals surface area contributed by atoms with Crippen molar-refractivity contribution in [3.63, 3.8) is 0 Å². The lowest BCUT2D eigenvalue weighted by Crippen LogP contribution is -2.29. The number of hydrogen-bond donors (Lipinski definition) is 1. The minimum atomic E-state index is -0.929. The molecule has 0 saturated heterocycles. The van der Waals surface area contributed by atoms with Gasteiger partial charge in [-0.1, -0.05) is 18.2 Å². The van der Waals surface area contributed by atoms with Crippen molar-refractivity contribution in [3.8, 4) is 11.5 Å². The first kappa shape index (κ1) is 22.0. The maximum Gasteiger partial charge on any atom is 0.331 e. The molecule has 1 atom stereocenters. The maximum absolute atomic E-state index is 12.3. The fourth-order valence-corrected chi connectivity index (χ4v) is 2.60. The number of methoxy groups -OCH3 is 1. The molecular formula is C23H27NO5. The molecule has 0 aliphatic rings. The molecule has 6 nitrogen and oxygen atoms in total. The van der Waals surface area contributed by atoms with Crippen molar-refractivity contribution in [3.05, 3.63) is 59.2 Å². The monoisotopic (exact) mass is 397 g/mol. The van der Waals surface area contributed by atoms with E-state index in [2.05, 4.69) is 5.32 Å². The van der Waals surface area contributed by atoms with Gasteiger partial charge in [0.05, 0.1) is 13.7 Å². The number of hydrogen-bond acceptors (Lipinski definition) is 5. The molecule has 0 radical (unpaired) electrons. The van der Waals surface area contributed by atoms with Gasteiger partial charge in [-0.15, -0.1) is 0 Å². The highest BCUT2D eigenvalue weighted by Gasteiger charge is 2.17. The van der Waals surface area contributed by atoms with Crippen LogP contribution < -0.4 is 14.8 Å². The van der Waals surface area contributed by atoms with Crippen LogP contribution in [-0.4, -0.2) is 31.7 Å². The Kier molecular flexibility index (Phi) is 7.83. The zero-order chi connectivity index (χ0) is 21.4. The summed E-state index contributed by atoms with van der Waals surface area (Å²) >= 11 is 0. The number of nitrogens with one attached hydrogen (secondary N) is 1. The van der Waals surface area contributed by atoms with Crippen molar-refractivity contribution in [2.24, 2.45) is 0 Å². The number of anilines is 1. The molecule has 0 aromatic heterocycles. The number of benzene rings is 2. The van der Waals surface area contributed by atoms with Crippen LogP contribution in [0.4, 0.5) is 5.69 Å². The van der Waals surface area contributed by atoms with E-state index in [1.165, 1.54) is 13.0 Å². The van der Waals surface area contributed by atoms with Crippen molar-refractivity contribution in [1.29, 1.82) is 0 Å². The Hall–Kier alpha value is -3.28. The lowest BCUT2D eigenvalue weighted by Gasteiger charge is -2.14. The van der Waals surface area contributed by atoms with E-state index in [1.54, 1.807) is 31.4 Å². The number of carbonyl (C=O) groups is 2. The zero-order valence-electron chi connectivity index (χ0n) is 17.4. The van der Waals surface area contributed by atoms with Gasteiger partial charge in [0.15, 0.2) is 17.6 Å². The molecule has 2 aromatic rings. The van der Waals surface area contributed by atoms with Crippen molar-refractivity contribution >= 4 is 23.6 Å². The summed E-state index contributed by atoms with van der Waals surface area (Å²) in [6.07, 6.45) is 1.95. The molecule has 0 fully saturated rings. The molecule has 1 N–H and O–H groups in total. The van der Waals surface area contributed by atoms with Gasteiger partial charge in [-0.2, -0.15) is 0 Å². The molecule has 0 bridgehead atoms. The average molecular weight is 397 g/mol. The Labute approximate surface area is 171 Å². The Morgan fingerprint density at radius 2 is 1.86 bits per heavy atom. The second kappa shape index (κ2) is 10.3. The van der Waals surface area contributed by atoms with Crippen LogP contribution in [0.25, 0.3) is 6.08 Å². The van der Waals surface area contributed by atoms with Crippen molar-refractivity contribution in [1.82, 2.24) is 0 Å². The topological polar surface area (TPSA) is 73.9 Å². The van der Waals surface area contributed by atoms with Gasteiger partial charge >= 0.3 is 5.97 Å². The predicted molar refractivity (Wildman–Crippen MR) is 113 cm³/mol. The third kappa shape index (κ3) is 6.38. The van der Waals surface area contributed by atoms with Gasteiger partial charge in [0.25, 0.3) is 5.91 Å². The van der Waals surface area contributed by atoms with Gasteiger partial charge in [-0.25, -0.2) is 4.79 Å². The van der Waals surface area contributed by atoms with Gasteiger partial charge in [0, 0.05) is 11.8 Å². The smallest absolute Gasteiger partial charge is 0.331 e. The molecule has 0 aliphatic heterocycles. The van der Waals surface area contributed by atoms with Gasteiger partial charge in [-0.05, 0) is 68.7 Å². The molecule has 0 heterocycles. The Morgan fingerprint density at radius 3 is 2.55 bits per heavy atom. The van der Waals surface area contributed by atoms with Gasteiger partial charge < -0.3 is 19.5 Å². The van der Waals surface area contributed by atoms with E-state index in [0.29, 0.717) is 23.8 Å². The summed E-state index contributed by atoms with van der Waals surface area (Å²) in [4.78, 5) is 24.4. The first-order valence-corrected chi connectivity index (χ1v) is 9.41. The summed E-state index contributed by atoms with van der Waals surface area (Å²) in [6, 6.07) is 11.1. The average Bonchev–Trinajstić information content (AvgIpc) is 2.69. The molecule has 29 heavy (non-hydrogen) atoms. The maximum atomic E-state index is 12.3. The minimum absolute atomic E-state index is 0.386. The van der Waals surface area contributed by atoms with Crippen molar-refractivity contribution in [2.45, 2.75) is 33.8 Å². The number of amides is 1. The predicted octanol–water partition coefficient (Wildman–Crippen LogP) is 4.29. The van der Waals surface area contributed by atoms with E-state index in [1.807, 2.05) is 39.0 Å². The van der Waals surface area contributed by atoms with E-state index in [9.17, 15) is 9.59 Å². The number of ether oxygens (including phenoxy) is 3. The Balaban J connectivity index is 1.98. The quantitative estimate of drug-likeness (QED) is 0.531. The standard InChI is InChI=1S/C23H27NO5/c1-6-28-21-14-18(9-11-20(21)27-5)10-12-22(25)29-17(4)23(26)24-19-13-15(2)7-8-16(19)3/h7-14,17H,6H2,1-5H3,(H,24,26)/b12-10+/t17-/m0/s1. The molecule has 2 rings (SSSR count). The summed E-state index contributed by atoms with van der Waals surface area (Å²) in [6.45, 7) is 7.76. The Bertz CT molecular complexity index is 904. The molecule has 0 spiro atoms. The number of esters is 1. The van der Waals surface area contributed by atoms with Gasteiger partial charge in [-0.3, -0.25) is 4.79 Å². The highest BCUT2D eigenvalue weighted by Crippen LogP contribution is 2.28. The largest absolute Gasteiger partial charge is 0.493 e. The molecule has 0 aliphatic carbocycles. The van der Waals surface area contributed by atoms with Crippen LogP contribution in [-0.2, 0) is 14.3 Å². The van der Waals surface area contributed by atoms with Crippen LogP contribution in [0.5, 0.6) is 11.5 Å². The van der Waals surface area contributed by atoms with Crippen molar-refractivity contribution in [2.75, 3.05) is 19.0 Å². The fourth-order valence-electron chi connectivity index (χ4n) is 2.60. The van der Waals surface area contributed by atoms with Gasteiger partial charge in [0.2, 0.25) is 0 Å². The van der Waals surface area contributed by atoms with Crippen LogP contribution in [0, 0.1) is 13.8 Å². The number of rotatable bonds is 8. The zero-order valence-corrected chi connectivity index (χ0v) is 17.4. The second-order valence-corrected chi connectivity index (χ2v) is 6.56. The SMILES string of the molecule is CCOc1cc(/C=C/C(=O)O[C@@H](C)C(=O)Nc2cc(C)ccc2C)ccc1OC. The summed E-state index contributed by atoms with van der Waals surface area (Å²) in [5.74, 6) is 0.209. The fraction of sp³-hybridized carbons (Fsp3) is 0.304. The van der Waals surface area contributed by atoms with Crippen LogP contribution in [0.2, 0.25) is 0 Å². The van der Waals surface area contributed by atoms with Crippen LogP contribution >= 0.6 is 0 Å². The second-order valence-electron chi connectivity index (χ2n) is 6.56. The van der Waals surface area contributed by atoms with E-state index >= 15 is 0 Å². The Morgan fingerprint density at radius 1 is 1.10 bits per heavy atom. The molecule has 1 amide bonds. The van der Waals surface area contributed by atoms with Crippen molar-refractivity contribution < 1.29 is 23.8 Å². The minimum Gasteiger partial charge on any atom is -0.493 e. The summed E-state index contributed by atoms with van der Waals surface area (Å²) in [5.41, 5.74) is 3.42. The molecule has 0 saturated carbocycles.